The molecule has 2 aromatic carbocycles. The number of carbonyl (C=O) groups is 1. The number of aryl methyl sites for hydroxylation is 1. The maximum absolute atomic E-state index is 13.4. The molecule has 0 aliphatic carbocycles. The van der Waals surface area contributed by atoms with Crippen LogP contribution >= 0.6 is 0 Å². The number of anilines is 1. The van der Waals surface area contributed by atoms with Crippen LogP contribution in [0.25, 0.3) is 0 Å². The summed E-state index contributed by atoms with van der Waals surface area (Å²) in [5.74, 6) is -0.0121. The van der Waals surface area contributed by atoms with Crippen molar-refractivity contribution in [2.24, 2.45) is 5.10 Å². The summed E-state index contributed by atoms with van der Waals surface area (Å²) in [4.78, 5) is 16.5. The molecule has 3 rings (SSSR count). The van der Waals surface area contributed by atoms with Gasteiger partial charge in [0.25, 0.3) is 15.9 Å². The summed E-state index contributed by atoms with van der Waals surface area (Å²) in [7, 11) is -4.01. The number of benzene rings is 2. The van der Waals surface area contributed by atoms with Crippen LogP contribution in [0.2, 0.25) is 0 Å². The molecular formula is C23H24N4O4S. The monoisotopic (exact) mass is 452 g/mol. The molecule has 0 fully saturated rings. The molecule has 0 aliphatic rings. The van der Waals surface area contributed by atoms with Crippen molar-refractivity contribution in [1.82, 2.24) is 10.4 Å². The first-order valence-corrected chi connectivity index (χ1v) is 11.4. The smallest absolute Gasteiger partial charge is 0.264 e. The van der Waals surface area contributed by atoms with Gasteiger partial charge in [0, 0.05) is 12.4 Å². The van der Waals surface area contributed by atoms with Gasteiger partial charge < -0.3 is 4.74 Å². The van der Waals surface area contributed by atoms with Crippen LogP contribution < -0.4 is 14.5 Å². The van der Waals surface area contributed by atoms with Crippen molar-refractivity contribution >= 4 is 27.8 Å². The third-order valence-corrected chi connectivity index (χ3v) is 6.23. The molecule has 0 aliphatic heterocycles. The van der Waals surface area contributed by atoms with E-state index in [1.165, 1.54) is 18.3 Å². The Morgan fingerprint density at radius 3 is 2.34 bits per heavy atom. The molecule has 0 radical (unpaired) electrons. The number of aromatic nitrogens is 1. The largest absolute Gasteiger partial charge is 0.494 e. The van der Waals surface area contributed by atoms with Crippen LogP contribution in [0.4, 0.5) is 5.69 Å². The molecule has 3 aromatic rings. The number of amides is 1. The van der Waals surface area contributed by atoms with Crippen LogP contribution in [0.3, 0.4) is 0 Å². The summed E-state index contributed by atoms with van der Waals surface area (Å²) < 4.78 is 33.2. The van der Waals surface area contributed by atoms with Crippen LogP contribution in [0.5, 0.6) is 5.75 Å². The Morgan fingerprint density at radius 2 is 1.72 bits per heavy atom. The molecule has 9 heteroatoms. The van der Waals surface area contributed by atoms with Crippen LogP contribution in [-0.4, -0.2) is 38.7 Å². The van der Waals surface area contributed by atoms with Crippen molar-refractivity contribution in [3.63, 3.8) is 0 Å². The van der Waals surface area contributed by atoms with Crippen LogP contribution in [0.1, 0.15) is 18.1 Å². The van der Waals surface area contributed by atoms with Gasteiger partial charge in [0.05, 0.1) is 23.4 Å². The van der Waals surface area contributed by atoms with E-state index in [9.17, 15) is 13.2 Å². The van der Waals surface area contributed by atoms with Gasteiger partial charge in [-0.3, -0.25) is 14.1 Å². The van der Waals surface area contributed by atoms with Crippen LogP contribution in [0, 0.1) is 6.92 Å². The third kappa shape index (κ3) is 5.92. The van der Waals surface area contributed by atoms with Gasteiger partial charge in [-0.05, 0) is 67.9 Å². The van der Waals surface area contributed by atoms with Gasteiger partial charge in [0.2, 0.25) is 0 Å². The van der Waals surface area contributed by atoms with E-state index >= 15 is 0 Å². The van der Waals surface area contributed by atoms with Crippen molar-refractivity contribution in [1.29, 1.82) is 0 Å². The standard InChI is InChI=1S/C23H24N4O4S/c1-3-31-21-8-10-22(11-9-21)32(29,30)27(20-6-4-18(2)5-7-20)17-23(28)26-25-16-19-12-14-24-15-13-19/h4-16H,3,17H2,1-2H3,(H,26,28). The first-order valence-electron chi connectivity index (χ1n) is 9.94. The average molecular weight is 453 g/mol. The molecule has 0 saturated heterocycles. The Hall–Kier alpha value is -3.72. The fourth-order valence-corrected chi connectivity index (χ4v) is 4.24. The number of carbonyl (C=O) groups excluding carboxylic acids is 1. The molecule has 32 heavy (non-hydrogen) atoms. The Balaban J connectivity index is 1.84. The molecule has 166 valence electrons. The lowest BCUT2D eigenvalue weighted by molar-refractivity contribution is -0.119. The number of nitrogens with one attached hydrogen (secondary N) is 1. The number of sulfonamides is 1. The molecule has 1 heterocycles. The van der Waals surface area contributed by atoms with Gasteiger partial charge in [-0.1, -0.05) is 17.7 Å². The average Bonchev–Trinajstić information content (AvgIpc) is 2.79. The summed E-state index contributed by atoms with van der Waals surface area (Å²) in [6.45, 7) is 3.78. The lowest BCUT2D eigenvalue weighted by atomic mass is 10.2. The number of pyridine rings is 1. The normalized spacial score (nSPS) is 11.3. The molecule has 0 bridgehead atoms. The summed E-state index contributed by atoms with van der Waals surface area (Å²) >= 11 is 0. The van der Waals surface area contributed by atoms with E-state index in [1.54, 1.807) is 60.9 Å². The minimum Gasteiger partial charge on any atom is -0.494 e. The highest BCUT2D eigenvalue weighted by Gasteiger charge is 2.27. The number of nitrogens with zero attached hydrogens (tertiary/aromatic N) is 3. The highest BCUT2D eigenvalue weighted by Crippen LogP contribution is 2.25. The zero-order valence-electron chi connectivity index (χ0n) is 17.8. The molecular weight excluding hydrogens is 428 g/mol. The molecule has 0 unspecified atom stereocenters. The van der Waals surface area contributed by atoms with E-state index in [0.717, 1.165) is 15.4 Å². The SMILES string of the molecule is CCOc1ccc(S(=O)(=O)N(CC(=O)NN=Cc2ccncc2)c2ccc(C)cc2)cc1. The molecule has 1 amide bonds. The Morgan fingerprint density at radius 1 is 1.06 bits per heavy atom. The number of hydrogen-bond acceptors (Lipinski definition) is 6. The summed E-state index contributed by atoms with van der Waals surface area (Å²) in [5.41, 5.74) is 4.47. The van der Waals surface area contributed by atoms with E-state index in [1.807, 2.05) is 13.8 Å². The zero-order chi connectivity index (χ0) is 23.0. The highest BCUT2D eigenvalue weighted by molar-refractivity contribution is 7.92. The third-order valence-electron chi connectivity index (χ3n) is 4.44. The van der Waals surface area contributed by atoms with Crippen molar-refractivity contribution in [3.05, 3.63) is 84.2 Å². The van der Waals surface area contributed by atoms with Crippen molar-refractivity contribution in [2.45, 2.75) is 18.7 Å². The summed E-state index contributed by atoms with van der Waals surface area (Å²) in [6.07, 6.45) is 4.66. The van der Waals surface area contributed by atoms with Crippen molar-refractivity contribution < 1.29 is 17.9 Å². The molecule has 0 atom stereocenters. The highest BCUT2D eigenvalue weighted by atomic mass is 32.2. The first kappa shape index (κ1) is 23.0. The molecule has 8 nitrogen and oxygen atoms in total. The fraction of sp³-hybridized carbons (Fsp3) is 0.174. The predicted molar refractivity (Wildman–Crippen MR) is 123 cm³/mol. The van der Waals surface area contributed by atoms with Crippen LogP contribution in [-0.2, 0) is 14.8 Å². The van der Waals surface area contributed by atoms with Gasteiger partial charge in [-0.25, -0.2) is 13.8 Å². The minimum absolute atomic E-state index is 0.0506. The van der Waals surface area contributed by atoms with Gasteiger partial charge >= 0.3 is 0 Å². The minimum atomic E-state index is -4.01. The topological polar surface area (TPSA) is 101 Å². The van der Waals surface area contributed by atoms with Gasteiger partial charge in [-0.2, -0.15) is 5.10 Å². The van der Waals surface area contributed by atoms with E-state index in [2.05, 4.69) is 15.5 Å². The summed E-state index contributed by atoms with van der Waals surface area (Å²) in [6, 6.07) is 16.4. The van der Waals surface area contributed by atoms with E-state index in [0.29, 0.717) is 18.0 Å². The maximum Gasteiger partial charge on any atom is 0.264 e. The van der Waals surface area contributed by atoms with Gasteiger partial charge in [0.1, 0.15) is 12.3 Å². The first-order chi connectivity index (χ1) is 15.4. The fourth-order valence-electron chi connectivity index (χ4n) is 2.82. The van der Waals surface area contributed by atoms with E-state index < -0.39 is 22.5 Å². The lowest BCUT2D eigenvalue weighted by Gasteiger charge is -2.24. The second-order valence-corrected chi connectivity index (χ2v) is 8.69. The van der Waals surface area contributed by atoms with Gasteiger partial charge in [-0.15, -0.1) is 0 Å². The lowest BCUT2D eigenvalue weighted by Crippen LogP contribution is -2.39. The van der Waals surface area contributed by atoms with E-state index in [-0.39, 0.29) is 4.90 Å². The molecule has 0 spiro atoms. The predicted octanol–water partition coefficient (Wildman–Crippen LogP) is 3.13. The molecule has 0 saturated carbocycles. The van der Waals surface area contributed by atoms with Gasteiger partial charge in [0.15, 0.2) is 0 Å². The Kier molecular flexibility index (Phi) is 7.56. The molecule has 1 aromatic heterocycles. The zero-order valence-corrected chi connectivity index (χ0v) is 18.6. The number of hydrazone groups is 1. The summed E-state index contributed by atoms with van der Waals surface area (Å²) in [5, 5.41) is 3.90. The van der Waals surface area contributed by atoms with E-state index in [4.69, 9.17) is 4.74 Å². The maximum atomic E-state index is 13.4. The second kappa shape index (κ2) is 10.5. The number of hydrogen-bond donors (Lipinski definition) is 1. The number of rotatable bonds is 9. The molecule has 1 N–H and O–H groups in total. The number of ether oxygens (including phenoxy) is 1. The Bertz CT molecular complexity index is 1160. The van der Waals surface area contributed by atoms with Crippen LogP contribution in [0.15, 0.2) is 83.1 Å². The van der Waals surface area contributed by atoms with Crippen molar-refractivity contribution in [3.8, 4) is 5.75 Å². The second-order valence-electron chi connectivity index (χ2n) is 6.83. The quantitative estimate of drug-likeness (QED) is 0.397. The Labute approximate surface area is 187 Å². The van der Waals surface area contributed by atoms with Crippen molar-refractivity contribution in [2.75, 3.05) is 17.5 Å².